The van der Waals surface area contributed by atoms with Gasteiger partial charge in [0.1, 0.15) is 11.1 Å². The molecule has 0 unspecified atom stereocenters. The van der Waals surface area contributed by atoms with Crippen molar-refractivity contribution < 1.29 is 9.53 Å². The number of carbonyl (C=O) groups excluding carboxylic acids is 1. The van der Waals surface area contributed by atoms with Crippen molar-refractivity contribution in [3.05, 3.63) is 83.8 Å². The van der Waals surface area contributed by atoms with Gasteiger partial charge in [0.05, 0.1) is 11.3 Å². The zero-order valence-corrected chi connectivity index (χ0v) is 17.3. The van der Waals surface area contributed by atoms with Crippen LogP contribution in [0.5, 0.6) is 5.88 Å². The quantitative estimate of drug-likeness (QED) is 0.489. The van der Waals surface area contributed by atoms with Crippen molar-refractivity contribution in [2.24, 2.45) is 0 Å². The van der Waals surface area contributed by atoms with E-state index in [9.17, 15) is 4.79 Å². The van der Waals surface area contributed by atoms with Crippen LogP contribution in [0.15, 0.2) is 67.0 Å². The molecule has 0 aliphatic rings. The summed E-state index contributed by atoms with van der Waals surface area (Å²) in [6.07, 6.45) is 3.23. The molecule has 3 aromatic heterocycles. The van der Waals surface area contributed by atoms with Gasteiger partial charge in [-0.3, -0.25) is 15.1 Å². The minimum Gasteiger partial charge on any atom is -0.470 e. The van der Waals surface area contributed by atoms with Crippen molar-refractivity contribution in [1.29, 1.82) is 0 Å². The highest BCUT2D eigenvalue weighted by Crippen LogP contribution is 2.26. The van der Waals surface area contributed by atoms with Crippen LogP contribution in [-0.4, -0.2) is 26.1 Å². The number of hydrogen-bond donors (Lipinski definition) is 1. The first-order valence-electron chi connectivity index (χ1n) is 9.34. The zero-order chi connectivity index (χ0) is 20.9. The van der Waals surface area contributed by atoms with Crippen LogP contribution in [0.25, 0.3) is 10.6 Å². The highest BCUT2D eigenvalue weighted by Gasteiger charge is 2.16. The molecule has 3 heterocycles. The highest BCUT2D eigenvalue weighted by molar-refractivity contribution is 7.18. The molecule has 4 rings (SSSR count). The topological polar surface area (TPSA) is 89.9 Å². The lowest BCUT2D eigenvalue weighted by molar-refractivity contribution is 0.102. The molecule has 8 heteroatoms. The van der Waals surface area contributed by atoms with Crippen molar-refractivity contribution >= 4 is 22.4 Å². The first-order valence-corrected chi connectivity index (χ1v) is 10.2. The van der Waals surface area contributed by atoms with Crippen molar-refractivity contribution in [2.45, 2.75) is 20.0 Å². The Balaban J connectivity index is 1.44. The Labute approximate surface area is 177 Å². The lowest BCUT2D eigenvalue weighted by atomic mass is 10.1. The number of rotatable bonds is 6. The summed E-state index contributed by atoms with van der Waals surface area (Å²) in [5.74, 6) is 0.177. The van der Waals surface area contributed by atoms with Gasteiger partial charge in [0.2, 0.25) is 11.0 Å². The number of carbonyl (C=O) groups is 1. The molecule has 0 aliphatic carbocycles. The molecule has 7 nitrogen and oxygen atoms in total. The summed E-state index contributed by atoms with van der Waals surface area (Å²) in [6.45, 7) is 3.74. The molecule has 0 saturated carbocycles. The molecular formula is C22H19N5O2S. The third kappa shape index (κ3) is 4.49. The summed E-state index contributed by atoms with van der Waals surface area (Å²) in [4.78, 5) is 21.1. The Hall–Kier alpha value is -3.65. The van der Waals surface area contributed by atoms with Gasteiger partial charge in [0.25, 0.3) is 5.91 Å². The summed E-state index contributed by atoms with van der Waals surface area (Å²) < 4.78 is 5.92. The van der Waals surface area contributed by atoms with E-state index in [4.69, 9.17) is 4.74 Å². The molecular weight excluding hydrogens is 398 g/mol. The predicted octanol–water partition coefficient (Wildman–Crippen LogP) is 4.70. The van der Waals surface area contributed by atoms with E-state index in [0.717, 1.165) is 11.1 Å². The van der Waals surface area contributed by atoms with Gasteiger partial charge in [-0.15, -0.1) is 10.2 Å². The maximum Gasteiger partial charge on any atom is 0.259 e. The number of anilines is 1. The monoisotopic (exact) mass is 417 g/mol. The summed E-state index contributed by atoms with van der Waals surface area (Å²) in [5, 5.41) is 12.1. The molecule has 1 N–H and O–H groups in total. The molecule has 150 valence electrons. The van der Waals surface area contributed by atoms with E-state index < -0.39 is 0 Å². The maximum atomic E-state index is 12.7. The van der Waals surface area contributed by atoms with Crippen molar-refractivity contribution in [2.75, 3.05) is 5.32 Å². The number of nitrogens with zero attached hydrogens (tertiary/aromatic N) is 4. The Morgan fingerprint density at radius 2 is 1.80 bits per heavy atom. The summed E-state index contributed by atoms with van der Waals surface area (Å²) in [5.41, 5.74) is 2.98. The molecule has 0 radical (unpaired) electrons. The second-order valence-corrected chi connectivity index (χ2v) is 7.53. The number of aromatic nitrogens is 4. The normalized spacial score (nSPS) is 11.7. The molecule has 30 heavy (non-hydrogen) atoms. The van der Waals surface area contributed by atoms with Crippen LogP contribution in [0.2, 0.25) is 0 Å². The van der Waals surface area contributed by atoms with Gasteiger partial charge in [-0.2, -0.15) is 0 Å². The van der Waals surface area contributed by atoms with Crippen molar-refractivity contribution in [1.82, 2.24) is 20.2 Å². The molecule has 4 aromatic rings. The highest BCUT2D eigenvalue weighted by atomic mass is 32.1. The van der Waals surface area contributed by atoms with E-state index in [1.807, 2.05) is 49.4 Å². The Morgan fingerprint density at radius 1 is 1.03 bits per heavy atom. The molecule has 0 aliphatic heterocycles. The molecule has 0 saturated heterocycles. The summed E-state index contributed by atoms with van der Waals surface area (Å²) in [6, 6.07) is 17.0. The number of nitrogens with one attached hydrogen (secondary N) is 1. The fraction of sp³-hybridized carbons (Fsp3) is 0.136. The van der Waals surface area contributed by atoms with Gasteiger partial charge in [-0.25, -0.2) is 4.98 Å². The summed E-state index contributed by atoms with van der Waals surface area (Å²) in [7, 11) is 0. The van der Waals surface area contributed by atoms with Gasteiger partial charge in [0, 0.05) is 24.0 Å². The van der Waals surface area contributed by atoms with Crippen LogP contribution in [0.1, 0.15) is 34.6 Å². The van der Waals surface area contributed by atoms with Crippen molar-refractivity contribution in [3.8, 4) is 16.5 Å². The van der Waals surface area contributed by atoms with E-state index >= 15 is 0 Å². The predicted molar refractivity (Wildman–Crippen MR) is 116 cm³/mol. The third-order valence-electron chi connectivity index (χ3n) is 4.44. The van der Waals surface area contributed by atoms with Crippen molar-refractivity contribution in [3.63, 3.8) is 0 Å². The van der Waals surface area contributed by atoms with Gasteiger partial charge >= 0.3 is 0 Å². The minimum atomic E-state index is -0.292. The molecule has 0 fully saturated rings. The molecule has 0 spiro atoms. The number of aryl methyl sites for hydroxylation is 1. The second-order valence-electron chi connectivity index (χ2n) is 6.56. The zero-order valence-electron chi connectivity index (χ0n) is 16.4. The van der Waals surface area contributed by atoms with E-state index in [1.165, 1.54) is 11.3 Å². The van der Waals surface area contributed by atoms with E-state index in [0.29, 0.717) is 27.3 Å². The standard InChI is InChI=1S/C22H19N5O2S/c1-14-18(8-9-19(24-14)29-15(2)16-6-4-3-5-7-16)20(28)25-22-27-26-21(30-22)17-10-12-23-13-11-17/h3-13,15H,1-2H3,(H,25,27,28)/t15-/m0/s1. The molecule has 1 amide bonds. The fourth-order valence-corrected chi connectivity index (χ4v) is 3.61. The Bertz CT molecular complexity index is 1150. The largest absolute Gasteiger partial charge is 0.470 e. The van der Waals surface area contributed by atoms with Crippen LogP contribution < -0.4 is 10.1 Å². The van der Waals surface area contributed by atoms with Crippen LogP contribution >= 0.6 is 11.3 Å². The minimum absolute atomic E-state index is 0.147. The summed E-state index contributed by atoms with van der Waals surface area (Å²) >= 11 is 1.30. The van der Waals surface area contributed by atoms with Gasteiger partial charge in [-0.1, -0.05) is 41.7 Å². The first kappa shape index (κ1) is 19.7. The number of benzene rings is 1. The first-order chi connectivity index (χ1) is 14.6. The Morgan fingerprint density at radius 3 is 2.53 bits per heavy atom. The van der Waals surface area contributed by atoms with Crippen LogP contribution in [-0.2, 0) is 0 Å². The van der Waals surface area contributed by atoms with Gasteiger partial charge in [0.15, 0.2) is 0 Å². The number of hydrogen-bond acceptors (Lipinski definition) is 7. The average molecular weight is 417 g/mol. The second kappa shape index (κ2) is 8.79. The Kier molecular flexibility index (Phi) is 5.76. The SMILES string of the molecule is Cc1nc(O[C@@H](C)c2ccccc2)ccc1C(=O)Nc1nnc(-c2ccncc2)s1. The smallest absolute Gasteiger partial charge is 0.259 e. The molecule has 0 bridgehead atoms. The van der Waals surface area contributed by atoms with Gasteiger partial charge in [-0.05, 0) is 37.6 Å². The molecule has 1 aromatic carbocycles. The molecule has 1 atom stereocenters. The number of amides is 1. The van der Waals surface area contributed by atoms with Crippen LogP contribution in [0.3, 0.4) is 0 Å². The number of ether oxygens (including phenoxy) is 1. The van der Waals surface area contributed by atoms with E-state index in [1.54, 1.807) is 31.5 Å². The van der Waals surface area contributed by atoms with Crippen LogP contribution in [0, 0.1) is 6.92 Å². The van der Waals surface area contributed by atoms with E-state index in [2.05, 4.69) is 25.5 Å². The maximum absolute atomic E-state index is 12.7. The number of pyridine rings is 2. The lowest BCUT2D eigenvalue weighted by Gasteiger charge is -2.15. The average Bonchev–Trinajstić information content (AvgIpc) is 3.23. The third-order valence-corrected chi connectivity index (χ3v) is 5.33. The van der Waals surface area contributed by atoms with E-state index in [-0.39, 0.29) is 12.0 Å². The van der Waals surface area contributed by atoms with Crippen LogP contribution in [0.4, 0.5) is 5.13 Å². The van der Waals surface area contributed by atoms with Gasteiger partial charge < -0.3 is 4.74 Å². The lowest BCUT2D eigenvalue weighted by Crippen LogP contribution is -2.14. The fourth-order valence-electron chi connectivity index (χ4n) is 2.87.